The van der Waals surface area contributed by atoms with E-state index in [2.05, 4.69) is 27.4 Å². The number of carbonyl (C=O) groups excluding carboxylic acids is 1. The standard InChI is InChI=1S/C29H37N7O2/c1-21(19-30)26(33-23-10-9-13-25(15-14-23)38-24-11-7-6-8-12-24)18-28-22(2)27(20-36(28)31-3)34-29(37)32-16-17-35(4)5/h6-12,14-15,20,31,33H,13,16-18H2,1-5H3,(H2,32,34,37)/b26-21-. The first-order valence-electron chi connectivity index (χ1n) is 12.6. The fraction of sp³-hybridized carbons (Fsp3) is 0.310. The van der Waals surface area contributed by atoms with E-state index < -0.39 is 0 Å². The van der Waals surface area contributed by atoms with Crippen LogP contribution in [0.4, 0.5) is 10.5 Å². The molecule has 0 saturated heterocycles. The summed E-state index contributed by atoms with van der Waals surface area (Å²) in [6.45, 7) is 5.05. The molecule has 0 radical (unpaired) electrons. The highest BCUT2D eigenvalue weighted by molar-refractivity contribution is 5.90. The summed E-state index contributed by atoms with van der Waals surface area (Å²) >= 11 is 0. The monoisotopic (exact) mass is 515 g/mol. The Labute approximate surface area is 225 Å². The smallest absolute Gasteiger partial charge is 0.319 e. The predicted molar refractivity (Wildman–Crippen MR) is 152 cm³/mol. The number of anilines is 1. The van der Waals surface area contributed by atoms with Crippen LogP contribution in [0, 0.1) is 18.3 Å². The van der Waals surface area contributed by atoms with Crippen molar-refractivity contribution in [2.24, 2.45) is 0 Å². The summed E-state index contributed by atoms with van der Waals surface area (Å²) in [7, 11) is 5.73. The van der Waals surface area contributed by atoms with Gasteiger partial charge in [-0.15, -0.1) is 0 Å². The Morgan fingerprint density at radius 3 is 2.63 bits per heavy atom. The highest BCUT2D eigenvalue weighted by atomic mass is 16.5. The predicted octanol–water partition coefficient (Wildman–Crippen LogP) is 4.39. The number of nitriles is 1. The van der Waals surface area contributed by atoms with Gasteiger partial charge in [0.15, 0.2) is 0 Å². The van der Waals surface area contributed by atoms with Crippen molar-refractivity contribution in [3.63, 3.8) is 0 Å². The number of likely N-dealkylation sites (N-methyl/N-ethyl adjacent to an activating group) is 1. The molecule has 1 aromatic carbocycles. The topological polar surface area (TPSA) is 106 Å². The van der Waals surface area contributed by atoms with Crippen LogP contribution in [0.1, 0.15) is 24.6 Å². The molecule has 3 rings (SSSR count). The zero-order chi connectivity index (χ0) is 27.5. The van der Waals surface area contributed by atoms with Gasteiger partial charge >= 0.3 is 6.03 Å². The third-order valence-electron chi connectivity index (χ3n) is 6.04. The minimum Gasteiger partial charge on any atom is -0.461 e. The number of nitrogens with one attached hydrogen (secondary N) is 4. The van der Waals surface area contributed by atoms with Crippen LogP contribution >= 0.6 is 0 Å². The SMILES string of the molecule is CNn1cc(NC(=O)NCCN(C)C)c(C)c1C/C(NC1=CC=C(Oc2ccccc2)CC=C1)=C(\C)C#N. The zero-order valence-corrected chi connectivity index (χ0v) is 22.8. The third kappa shape index (κ3) is 8.05. The van der Waals surface area contributed by atoms with Crippen molar-refractivity contribution in [3.8, 4) is 11.8 Å². The number of allylic oxidation sites excluding steroid dienone is 6. The van der Waals surface area contributed by atoms with Crippen LogP contribution in [0.5, 0.6) is 5.75 Å². The van der Waals surface area contributed by atoms with Gasteiger partial charge in [0.05, 0.1) is 23.6 Å². The zero-order valence-electron chi connectivity index (χ0n) is 22.8. The number of amides is 2. The van der Waals surface area contributed by atoms with Gasteiger partial charge in [0.1, 0.15) is 11.5 Å². The molecule has 1 aliphatic carbocycles. The van der Waals surface area contributed by atoms with Crippen LogP contribution in [0.3, 0.4) is 0 Å². The molecule has 0 saturated carbocycles. The molecule has 0 aliphatic heterocycles. The average molecular weight is 516 g/mol. The number of ether oxygens (including phenoxy) is 1. The number of hydrogen-bond acceptors (Lipinski definition) is 6. The first kappa shape index (κ1) is 28.2. The van der Waals surface area contributed by atoms with Crippen molar-refractivity contribution < 1.29 is 9.53 Å². The van der Waals surface area contributed by atoms with Crippen LogP contribution in [0.15, 0.2) is 83.6 Å². The van der Waals surface area contributed by atoms with Crippen LogP contribution in [0.25, 0.3) is 0 Å². The van der Waals surface area contributed by atoms with Gasteiger partial charge in [0.2, 0.25) is 0 Å². The van der Waals surface area contributed by atoms with Crippen molar-refractivity contribution in [1.82, 2.24) is 20.2 Å². The van der Waals surface area contributed by atoms with E-state index in [-0.39, 0.29) is 6.03 Å². The molecule has 1 heterocycles. The second-order valence-electron chi connectivity index (χ2n) is 9.19. The molecular formula is C29H37N7O2. The Hall–Kier alpha value is -4.42. The quantitative estimate of drug-likeness (QED) is 0.331. The maximum Gasteiger partial charge on any atom is 0.319 e. The van der Waals surface area contributed by atoms with Gasteiger partial charge in [0.25, 0.3) is 0 Å². The molecule has 0 unspecified atom stereocenters. The number of para-hydroxylation sites is 1. The molecule has 0 spiro atoms. The first-order chi connectivity index (χ1) is 18.3. The summed E-state index contributed by atoms with van der Waals surface area (Å²) in [4.78, 5) is 14.4. The van der Waals surface area contributed by atoms with Gasteiger partial charge in [-0.25, -0.2) is 4.79 Å². The maximum atomic E-state index is 12.4. The Morgan fingerprint density at radius 1 is 1.18 bits per heavy atom. The van der Waals surface area contributed by atoms with E-state index in [9.17, 15) is 10.1 Å². The number of rotatable bonds is 11. The Kier molecular flexibility index (Phi) is 10.2. The Morgan fingerprint density at radius 2 is 1.95 bits per heavy atom. The summed E-state index contributed by atoms with van der Waals surface area (Å²) in [5.74, 6) is 1.61. The van der Waals surface area contributed by atoms with E-state index in [4.69, 9.17) is 4.74 Å². The molecule has 0 bridgehead atoms. The molecule has 4 N–H and O–H groups in total. The Balaban J connectivity index is 1.76. The molecule has 2 aromatic rings. The summed E-state index contributed by atoms with van der Waals surface area (Å²) in [6.07, 6.45) is 10.8. The molecule has 1 aromatic heterocycles. The molecule has 38 heavy (non-hydrogen) atoms. The largest absolute Gasteiger partial charge is 0.461 e. The second kappa shape index (κ2) is 13.8. The minimum absolute atomic E-state index is 0.258. The van der Waals surface area contributed by atoms with Crippen LogP contribution < -0.4 is 26.1 Å². The van der Waals surface area contributed by atoms with Crippen molar-refractivity contribution in [3.05, 3.63) is 94.8 Å². The fourth-order valence-electron chi connectivity index (χ4n) is 3.83. The van der Waals surface area contributed by atoms with Crippen LogP contribution in [-0.2, 0) is 6.42 Å². The fourth-order valence-corrected chi connectivity index (χ4v) is 3.83. The number of aromatic nitrogens is 1. The summed E-state index contributed by atoms with van der Waals surface area (Å²) < 4.78 is 7.85. The lowest BCUT2D eigenvalue weighted by Crippen LogP contribution is -2.34. The maximum absolute atomic E-state index is 12.4. The molecule has 0 atom stereocenters. The van der Waals surface area contributed by atoms with Crippen molar-refractivity contribution >= 4 is 11.7 Å². The number of carbonyl (C=O) groups is 1. The van der Waals surface area contributed by atoms with Gasteiger partial charge in [0, 0.05) is 49.9 Å². The number of nitrogens with zero attached hydrogens (tertiary/aromatic N) is 3. The molecule has 200 valence electrons. The van der Waals surface area contributed by atoms with Crippen molar-refractivity contribution in [2.75, 3.05) is 45.0 Å². The molecule has 0 fully saturated rings. The molecule has 2 amide bonds. The Bertz CT molecular complexity index is 1280. The normalized spacial score (nSPS) is 13.5. The van der Waals surface area contributed by atoms with Gasteiger partial charge < -0.3 is 31.0 Å². The molecule has 9 heteroatoms. The summed E-state index contributed by atoms with van der Waals surface area (Å²) in [5.41, 5.74) is 7.87. The number of urea groups is 1. The third-order valence-corrected chi connectivity index (χ3v) is 6.04. The lowest BCUT2D eigenvalue weighted by Gasteiger charge is -2.16. The highest BCUT2D eigenvalue weighted by Gasteiger charge is 2.17. The van der Waals surface area contributed by atoms with Crippen molar-refractivity contribution in [1.29, 1.82) is 5.26 Å². The summed E-state index contributed by atoms with van der Waals surface area (Å²) in [5, 5.41) is 18.9. The highest BCUT2D eigenvalue weighted by Crippen LogP contribution is 2.25. The van der Waals surface area contributed by atoms with Gasteiger partial charge in [-0.2, -0.15) is 5.26 Å². The van der Waals surface area contributed by atoms with Crippen LogP contribution in [0.2, 0.25) is 0 Å². The molecular weight excluding hydrogens is 478 g/mol. The van der Waals surface area contributed by atoms with E-state index in [1.54, 1.807) is 6.92 Å². The first-order valence-corrected chi connectivity index (χ1v) is 12.6. The number of benzene rings is 1. The average Bonchev–Trinajstić information content (AvgIpc) is 3.04. The van der Waals surface area contributed by atoms with E-state index in [0.29, 0.717) is 30.6 Å². The van der Waals surface area contributed by atoms with E-state index in [1.165, 1.54) is 0 Å². The molecule has 1 aliphatic rings. The van der Waals surface area contributed by atoms with Crippen LogP contribution in [-0.4, -0.2) is 49.8 Å². The van der Waals surface area contributed by atoms with Crippen molar-refractivity contribution in [2.45, 2.75) is 26.7 Å². The molecule has 9 nitrogen and oxygen atoms in total. The summed E-state index contributed by atoms with van der Waals surface area (Å²) in [6, 6.07) is 11.7. The lowest BCUT2D eigenvalue weighted by atomic mass is 10.1. The van der Waals surface area contributed by atoms with E-state index in [0.717, 1.165) is 40.7 Å². The minimum atomic E-state index is -0.258. The van der Waals surface area contributed by atoms with E-state index in [1.807, 2.05) is 98.5 Å². The van der Waals surface area contributed by atoms with Gasteiger partial charge in [-0.1, -0.05) is 24.3 Å². The second-order valence-corrected chi connectivity index (χ2v) is 9.19. The lowest BCUT2D eigenvalue weighted by molar-refractivity contribution is 0.250. The van der Waals surface area contributed by atoms with E-state index >= 15 is 0 Å². The van der Waals surface area contributed by atoms with Gasteiger partial charge in [-0.05, 0) is 63.9 Å². The number of hydrogen-bond donors (Lipinski definition) is 4. The van der Waals surface area contributed by atoms with Gasteiger partial charge in [-0.3, -0.25) is 4.68 Å².